The molecule has 1 amide bonds. The molecule has 2 aliphatic rings. The number of ether oxygens (including phenoxy) is 2. The van der Waals surface area contributed by atoms with E-state index in [2.05, 4.69) is 9.55 Å². The van der Waals surface area contributed by atoms with Crippen LogP contribution >= 0.6 is 0 Å². The van der Waals surface area contributed by atoms with Crippen molar-refractivity contribution in [1.82, 2.24) is 14.5 Å². The van der Waals surface area contributed by atoms with Crippen LogP contribution in [0.5, 0.6) is 5.75 Å². The van der Waals surface area contributed by atoms with Crippen molar-refractivity contribution in [1.29, 1.82) is 0 Å². The lowest BCUT2D eigenvalue weighted by atomic mass is 9.89. The Bertz CT molecular complexity index is 798. The van der Waals surface area contributed by atoms with Gasteiger partial charge in [0, 0.05) is 38.3 Å². The quantitative estimate of drug-likeness (QED) is 0.736. The molecular weight excluding hydrogens is 318 g/mol. The molecule has 0 unspecified atom stereocenters. The Balaban J connectivity index is 1.57. The van der Waals surface area contributed by atoms with E-state index in [9.17, 15) is 4.79 Å². The Morgan fingerprint density at radius 1 is 1.24 bits per heavy atom. The summed E-state index contributed by atoms with van der Waals surface area (Å²) in [6.45, 7) is 6.82. The molecule has 25 heavy (non-hydrogen) atoms. The van der Waals surface area contributed by atoms with Crippen LogP contribution in [0.2, 0.25) is 0 Å². The van der Waals surface area contributed by atoms with Crippen LogP contribution in [0.15, 0.2) is 36.7 Å². The highest BCUT2D eigenvalue weighted by atomic mass is 16.6. The second kappa shape index (κ2) is 5.51. The van der Waals surface area contributed by atoms with Crippen LogP contribution < -0.4 is 4.74 Å². The zero-order valence-corrected chi connectivity index (χ0v) is 14.9. The van der Waals surface area contributed by atoms with Gasteiger partial charge in [-0.1, -0.05) is 12.1 Å². The molecule has 1 aromatic carbocycles. The zero-order valence-electron chi connectivity index (χ0n) is 14.9. The summed E-state index contributed by atoms with van der Waals surface area (Å²) in [6, 6.07) is 7.99. The number of hydrogen-bond acceptors (Lipinski definition) is 4. The average Bonchev–Trinajstić information content (AvgIpc) is 3.05. The SMILES string of the molecule is CC(C)(C)OC(=O)N1CCC2(CC1)Oc1ccccc1-n1ccnc12. The van der Waals surface area contributed by atoms with Crippen LogP contribution in [0.1, 0.15) is 39.4 Å². The van der Waals surface area contributed by atoms with Gasteiger partial charge >= 0.3 is 6.09 Å². The number of nitrogens with zero attached hydrogens (tertiary/aromatic N) is 3. The molecule has 132 valence electrons. The molecule has 0 radical (unpaired) electrons. The van der Waals surface area contributed by atoms with E-state index in [1.165, 1.54) is 0 Å². The second-order valence-corrected chi connectivity index (χ2v) is 7.65. The summed E-state index contributed by atoms with van der Waals surface area (Å²) < 4.78 is 14.0. The Kier molecular flexibility index (Phi) is 3.52. The maximum atomic E-state index is 12.3. The van der Waals surface area contributed by atoms with Crippen LogP contribution in [0.4, 0.5) is 4.79 Å². The van der Waals surface area contributed by atoms with Gasteiger partial charge in [0.2, 0.25) is 0 Å². The van der Waals surface area contributed by atoms with Crippen LogP contribution in [-0.2, 0) is 10.3 Å². The molecule has 1 saturated heterocycles. The minimum atomic E-state index is -0.490. The summed E-state index contributed by atoms with van der Waals surface area (Å²) in [4.78, 5) is 18.6. The maximum absolute atomic E-state index is 12.3. The summed E-state index contributed by atoms with van der Waals surface area (Å²) in [6.07, 6.45) is 4.90. The van der Waals surface area contributed by atoms with Crippen molar-refractivity contribution in [3.8, 4) is 11.4 Å². The normalized spacial score (nSPS) is 18.3. The van der Waals surface area contributed by atoms with E-state index in [0.29, 0.717) is 25.9 Å². The predicted octanol–water partition coefficient (Wildman–Crippen LogP) is 3.49. The molecule has 1 spiro atoms. The molecular formula is C19H23N3O3. The first-order valence-electron chi connectivity index (χ1n) is 8.68. The first-order valence-corrected chi connectivity index (χ1v) is 8.68. The lowest BCUT2D eigenvalue weighted by Gasteiger charge is -2.43. The molecule has 0 N–H and O–H groups in total. The lowest BCUT2D eigenvalue weighted by Crippen LogP contribution is -2.51. The molecule has 1 fully saturated rings. The standard InChI is InChI=1S/C19H23N3O3/c1-18(2,3)25-17(23)21-11-8-19(9-12-21)16-20-10-13-22(16)14-6-4-5-7-15(14)24-19/h4-7,10,13H,8-9,11-12H2,1-3H3. The monoisotopic (exact) mass is 341 g/mol. The maximum Gasteiger partial charge on any atom is 0.410 e. The molecule has 1 aromatic heterocycles. The summed E-state index contributed by atoms with van der Waals surface area (Å²) in [5.74, 6) is 1.77. The molecule has 0 bridgehead atoms. The highest BCUT2D eigenvalue weighted by Gasteiger charge is 2.46. The van der Waals surface area contributed by atoms with Crippen molar-refractivity contribution in [2.75, 3.05) is 13.1 Å². The number of aromatic nitrogens is 2. The van der Waals surface area contributed by atoms with E-state index in [1.54, 1.807) is 4.90 Å². The Morgan fingerprint density at radius 2 is 1.96 bits per heavy atom. The first kappa shape index (κ1) is 16.0. The van der Waals surface area contributed by atoms with Gasteiger partial charge in [0.1, 0.15) is 11.4 Å². The van der Waals surface area contributed by atoms with Gasteiger partial charge in [-0.15, -0.1) is 0 Å². The predicted molar refractivity (Wildman–Crippen MR) is 92.9 cm³/mol. The van der Waals surface area contributed by atoms with Gasteiger partial charge in [-0.2, -0.15) is 0 Å². The van der Waals surface area contributed by atoms with Crippen molar-refractivity contribution >= 4 is 6.09 Å². The Labute approximate surface area is 147 Å². The number of likely N-dealkylation sites (tertiary alicyclic amines) is 1. The number of benzene rings is 1. The number of carbonyl (C=O) groups excluding carboxylic acids is 1. The van der Waals surface area contributed by atoms with Crippen LogP contribution in [-0.4, -0.2) is 39.2 Å². The average molecular weight is 341 g/mol. The largest absolute Gasteiger partial charge is 0.477 e. The number of carbonyl (C=O) groups is 1. The van der Waals surface area contributed by atoms with E-state index in [4.69, 9.17) is 9.47 Å². The van der Waals surface area contributed by atoms with Gasteiger partial charge in [0.05, 0.1) is 5.69 Å². The number of fused-ring (bicyclic) bond motifs is 4. The molecule has 6 heteroatoms. The van der Waals surface area contributed by atoms with Gasteiger partial charge in [0.25, 0.3) is 0 Å². The van der Waals surface area contributed by atoms with Gasteiger partial charge in [0.15, 0.2) is 11.4 Å². The third-order valence-electron chi connectivity index (χ3n) is 4.70. The number of rotatable bonds is 0. The third-order valence-corrected chi connectivity index (χ3v) is 4.70. The van der Waals surface area contributed by atoms with Crippen molar-refractivity contribution in [3.63, 3.8) is 0 Å². The van der Waals surface area contributed by atoms with Crippen molar-refractivity contribution in [2.24, 2.45) is 0 Å². The van der Waals surface area contributed by atoms with Gasteiger partial charge in [-0.25, -0.2) is 9.78 Å². The van der Waals surface area contributed by atoms with E-state index in [0.717, 1.165) is 17.3 Å². The highest BCUT2D eigenvalue weighted by Crippen LogP contribution is 2.43. The van der Waals surface area contributed by atoms with Gasteiger partial charge < -0.3 is 14.4 Å². The highest BCUT2D eigenvalue weighted by molar-refractivity contribution is 5.68. The summed E-state index contributed by atoms with van der Waals surface area (Å²) in [5, 5.41) is 0. The Morgan fingerprint density at radius 3 is 2.68 bits per heavy atom. The molecule has 6 nitrogen and oxygen atoms in total. The fourth-order valence-electron chi connectivity index (χ4n) is 3.54. The fraction of sp³-hybridized carbons (Fsp3) is 0.474. The molecule has 4 rings (SSSR count). The summed E-state index contributed by atoms with van der Waals surface area (Å²) in [5.41, 5.74) is 0.0363. The van der Waals surface area contributed by atoms with E-state index < -0.39 is 11.2 Å². The van der Waals surface area contributed by atoms with E-state index >= 15 is 0 Å². The molecule has 2 aliphatic heterocycles. The molecule has 2 aromatic rings. The smallest absolute Gasteiger partial charge is 0.410 e. The summed E-state index contributed by atoms with van der Waals surface area (Å²) >= 11 is 0. The number of imidazole rings is 1. The lowest BCUT2D eigenvalue weighted by molar-refractivity contribution is -0.0292. The summed E-state index contributed by atoms with van der Waals surface area (Å²) in [7, 11) is 0. The van der Waals surface area contributed by atoms with Gasteiger partial charge in [-0.3, -0.25) is 4.57 Å². The van der Waals surface area contributed by atoms with Crippen molar-refractivity contribution in [3.05, 3.63) is 42.5 Å². The molecule has 0 atom stereocenters. The van der Waals surface area contributed by atoms with E-state index in [-0.39, 0.29) is 6.09 Å². The number of hydrogen-bond donors (Lipinski definition) is 0. The van der Waals surface area contributed by atoms with Crippen LogP contribution in [0.25, 0.3) is 5.69 Å². The molecule has 0 saturated carbocycles. The fourth-order valence-corrected chi connectivity index (χ4v) is 3.54. The molecule has 0 aliphatic carbocycles. The number of amides is 1. The molecule has 3 heterocycles. The third kappa shape index (κ3) is 2.75. The second-order valence-electron chi connectivity index (χ2n) is 7.65. The van der Waals surface area contributed by atoms with E-state index in [1.807, 2.05) is 57.4 Å². The zero-order chi connectivity index (χ0) is 17.7. The number of piperidine rings is 1. The van der Waals surface area contributed by atoms with Crippen LogP contribution in [0.3, 0.4) is 0 Å². The van der Waals surface area contributed by atoms with Crippen molar-refractivity contribution in [2.45, 2.75) is 44.8 Å². The Hall–Kier alpha value is -2.50. The van der Waals surface area contributed by atoms with Gasteiger partial charge in [-0.05, 0) is 32.9 Å². The number of para-hydroxylation sites is 2. The first-order chi connectivity index (χ1) is 11.9. The topological polar surface area (TPSA) is 56.6 Å². The minimum absolute atomic E-state index is 0.262. The minimum Gasteiger partial charge on any atom is -0.477 e. The van der Waals surface area contributed by atoms with Crippen LogP contribution in [0, 0.1) is 0 Å². The van der Waals surface area contributed by atoms with Crippen molar-refractivity contribution < 1.29 is 14.3 Å².